The van der Waals surface area contributed by atoms with Crippen LogP contribution in [0.1, 0.15) is 4.88 Å². The number of hydrogen-bond acceptors (Lipinski definition) is 3. The fourth-order valence-electron chi connectivity index (χ4n) is 1.48. The summed E-state index contributed by atoms with van der Waals surface area (Å²) in [5, 5.41) is 3.91. The lowest BCUT2D eigenvalue weighted by molar-refractivity contribution is 0.314. The van der Waals surface area contributed by atoms with E-state index in [0.717, 1.165) is 21.9 Å². The molecule has 19 heavy (non-hydrogen) atoms. The molecule has 0 saturated carbocycles. The number of hydrogen-bond donors (Lipinski definition) is 1. The van der Waals surface area contributed by atoms with Gasteiger partial charge in [0.15, 0.2) is 0 Å². The van der Waals surface area contributed by atoms with Crippen LogP contribution in [0.25, 0.3) is 0 Å². The lowest BCUT2D eigenvalue weighted by Crippen LogP contribution is -2.20. The van der Waals surface area contributed by atoms with Crippen molar-refractivity contribution in [2.24, 2.45) is 0 Å². The Labute approximate surface area is 134 Å². The van der Waals surface area contributed by atoms with E-state index in [-0.39, 0.29) is 0 Å². The van der Waals surface area contributed by atoms with Crippen molar-refractivity contribution in [2.45, 2.75) is 6.54 Å². The molecule has 6 heteroatoms. The van der Waals surface area contributed by atoms with Crippen molar-refractivity contribution in [2.75, 3.05) is 13.2 Å². The zero-order valence-corrected chi connectivity index (χ0v) is 13.9. The van der Waals surface area contributed by atoms with Crippen molar-refractivity contribution in [1.29, 1.82) is 0 Å². The van der Waals surface area contributed by atoms with Gasteiger partial charge in [0.1, 0.15) is 12.4 Å². The number of rotatable bonds is 6. The van der Waals surface area contributed by atoms with Crippen LogP contribution in [0.4, 0.5) is 0 Å². The number of benzene rings is 1. The Hall–Kier alpha value is -0.260. The van der Waals surface area contributed by atoms with E-state index in [1.165, 1.54) is 4.88 Å². The Kier molecular flexibility index (Phi) is 5.98. The summed E-state index contributed by atoms with van der Waals surface area (Å²) in [5.41, 5.74) is 0. The largest absolute Gasteiger partial charge is 0.491 e. The fourth-order valence-corrected chi connectivity index (χ4v) is 3.05. The summed E-state index contributed by atoms with van der Waals surface area (Å²) in [6.45, 7) is 2.11. The van der Waals surface area contributed by atoms with Gasteiger partial charge >= 0.3 is 0 Å². The molecule has 0 radical (unpaired) electrons. The minimum Gasteiger partial charge on any atom is -0.491 e. The second kappa shape index (κ2) is 7.50. The molecule has 1 aromatic carbocycles. The molecule has 2 aromatic rings. The molecule has 1 N–H and O–H groups in total. The van der Waals surface area contributed by atoms with Crippen LogP contribution in [0.15, 0.2) is 34.8 Å². The summed E-state index contributed by atoms with van der Waals surface area (Å²) in [4.78, 5) is 1.21. The first kappa shape index (κ1) is 15.1. The van der Waals surface area contributed by atoms with E-state index >= 15 is 0 Å². The highest BCUT2D eigenvalue weighted by atomic mass is 79.9. The summed E-state index contributed by atoms with van der Waals surface area (Å²) in [5.74, 6) is 0.692. The second-order valence-electron chi connectivity index (χ2n) is 3.81. The van der Waals surface area contributed by atoms with Crippen LogP contribution in [0.3, 0.4) is 0 Å². The molecule has 0 atom stereocenters. The molecular weight excluding hydrogens is 369 g/mol. The van der Waals surface area contributed by atoms with Crippen LogP contribution in [0, 0.1) is 0 Å². The van der Waals surface area contributed by atoms with Gasteiger partial charge in [-0.05, 0) is 30.3 Å². The van der Waals surface area contributed by atoms with Gasteiger partial charge in [0.2, 0.25) is 0 Å². The maximum atomic E-state index is 6.03. The summed E-state index contributed by atoms with van der Waals surface area (Å²) >= 11 is 16.9. The quantitative estimate of drug-likeness (QED) is 0.713. The van der Waals surface area contributed by atoms with Gasteiger partial charge in [-0.15, -0.1) is 11.3 Å². The van der Waals surface area contributed by atoms with Crippen LogP contribution in [-0.2, 0) is 6.54 Å². The molecular formula is C13H12BrCl2NOS. The Morgan fingerprint density at radius 1 is 1.21 bits per heavy atom. The average Bonchev–Trinajstić information content (AvgIpc) is 2.79. The summed E-state index contributed by atoms with van der Waals surface area (Å²) in [6, 6.07) is 9.48. The molecule has 1 heterocycles. The molecule has 0 unspecified atom stereocenters. The van der Waals surface area contributed by atoms with E-state index in [1.54, 1.807) is 11.3 Å². The molecule has 0 aliphatic rings. The molecule has 0 fully saturated rings. The molecule has 0 bridgehead atoms. The predicted molar refractivity (Wildman–Crippen MR) is 85.7 cm³/mol. The number of nitrogens with one attached hydrogen (secondary N) is 1. The first-order chi connectivity index (χ1) is 9.15. The first-order valence-corrected chi connectivity index (χ1v) is 8.04. The van der Waals surface area contributed by atoms with Crippen LogP contribution in [0.2, 0.25) is 9.36 Å². The minimum atomic E-state index is 0.565. The van der Waals surface area contributed by atoms with Crippen molar-refractivity contribution in [1.82, 2.24) is 5.32 Å². The van der Waals surface area contributed by atoms with Gasteiger partial charge in [-0.2, -0.15) is 0 Å². The fraction of sp³-hybridized carbons (Fsp3) is 0.231. The normalized spacial score (nSPS) is 10.7. The maximum absolute atomic E-state index is 6.03. The SMILES string of the molecule is Clc1ccc(CNCCOc2cc(Br)ccc2Cl)s1. The summed E-state index contributed by atoms with van der Waals surface area (Å²) in [7, 11) is 0. The van der Waals surface area contributed by atoms with Crippen molar-refractivity contribution in [3.63, 3.8) is 0 Å². The Morgan fingerprint density at radius 2 is 2.05 bits per heavy atom. The minimum absolute atomic E-state index is 0.565. The van der Waals surface area contributed by atoms with Crippen molar-refractivity contribution < 1.29 is 4.74 Å². The van der Waals surface area contributed by atoms with Crippen molar-refractivity contribution in [3.8, 4) is 5.75 Å². The summed E-state index contributed by atoms with van der Waals surface area (Å²) in [6.07, 6.45) is 0. The Morgan fingerprint density at radius 3 is 2.79 bits per heavy atom. The molecule has 1 aromatic heterocycles. The van der Waals surface area contributed by atoms with E-state index in [9.17, 15) is 0 Å². The molecule has 0 aliphatic heterocycles. The topological polar surface area (TPSA) is 21.3 Å². The molecule has 0 saturated heterocycles. The molecule has 0 spiro atoms. The van der Waals surface area contributed by atoms with Crippen LogP contribution >= 0.6 is 50.5 Å². The van der Waals surface area contributed by atoms with E-state index < -0.39 is 0 Å². The van der Waals surface area contributed by atoms with E-state index in [1.807, 2.05) is 30.3 Å². The monoisotopic (exact) mass is 379 g/mol. The third-order valence-corrected chi connectivity index (χ3v) is 4.39. The van der Waals surface area contributed by atoms with Crippen LogP contribution in [0.5, 0.6) is 5.75 Å². The molecule has 0 aliphatic carbocycles. The Bertz CT molecular complexity index is 547. The number of ether oxygens (including phenoxy) is 1. The molecule has 102 valence electrons. The van der Waals surface area contributed by atoms with Gasteiger partial charge in [0.05, 0.1) is 9.36 Å². The van der Waals surface area contributed by atoms with E-state index in [4.69, 9.17) is 27.9 Å². The van der Waals surface area contributed by atoms with Gasteiger partial charge in [-0.3, -0.25) is 0 Å². The zero-order chi connectivity index (χ0) is 13.7. The third kappa shape index (κ3) is 4.97. The van der Waals surface area contributed by atoms with Gasteiger partial charge in [0.25, 0.3) is 0 Å². The highest BCUT2D eigenvalue weighted by molar-refractivity contribution is 9.10. The smallest absolute Gasteiger partial charge is 0.139 e. The lowest BCUT2D eigenvalue weighted by atomic mass is 10.3. The second-order valence-corrected chi connectivity index (χ2v) is 6.93. The standard InChI is InChI=1S/C13H12BrCl2NOS/c14-9-1-3-11(15)12(7-9)18-6-5-17-8-10-2-4-13(16)19-10/h1-4,7,17H,5-6,8H2. The maximum Gasteiger partial charge on any atom is 0.139 e. The highest BCUT2D eigenvalue weighted by Crippen LogP contribution is 2.27. The number of thiophene rings is 1. The Balaban J connectivity index is 1.70. The average molecular weight is 381 g/mol. The lowest BCUT2D eigenvalue weighted by Gasteiger charge is -2.09. The van der Waals surface area contributed by atoms with Crippen LogP contribution < -0.4 is 10.1 Å². The third-order valence-electron chi connectivity index (χ3n) is 2.36. The first-order valence-electron chi connectivity index (χ1n) is 5.68. The predicted octanol–water partition coefficient (Wildman–Crippen LogP) is 4.99. The number of halogens is 3. The van der Waals surface area contributed by atoms with E-state index in [0.29, 0.717) is 17.4 Å². The summed E-state index contributed by atoms with van der Waals surface area (Å²) < 4.78 is 7.38. The molecule has 2 rings (SSSR count). The van der Waals surface area contributed by atoms with Crippen LogP contribution in [-0.4, -0.2) is 13.2 Å². The van der Waals surface area contributed by atoms with Gasteiger partial charge in [0, 0.05) is 22.4 Å². The van der Waals surface area contributed by atoms with Crippen molar-refractivity contribution >= 4 is 50.5 Å². The van der Waals surface area contributed by atoms with E-state index in [2.05, 4.69) is 21.2 Å². The highest BCUT2D eigenvalue weighted by Gasteiger charge is 2.02. The van der Waals surface area contributed by atoms with Gasteiger partial charge < -0.3 is 10.1 Å². The zero-order valence-electron chi connectivity index (χ0n) is 9.96. The van der Waals surface area contributed by atoms with Crippen molar-refractivity contribution in [3.05, 3.63) is 49.0 Å². The van der Waals surface area contributed by atoms with Gasteiger partial charge in [-0.25, -0.2) is 0 Å². The molecule has 2 nitrogen and oxygen atoms in total. The van der Waals surface area contributed by atoms with Gasteiger partial charge in [-0.1, -0.05) is 39.1 Å². The molecule has 0 amide bonds.